The Kier molecular flexibility index (Phi) is 5.08. The molecular weight excluding hydrogens is 293 g/mol. The molecule has 0 amide bonds. The van der Waals surface area contributed by atoms with Crippen LogP contribution in [0.1, 0.15) is 29.9 Å². The van der Waals surface area contributed by atoms with Crippen LogP contribution in [0.5, 0.6) is 0 Å². The zero-order valence-electron chi connectivity index (χ0n) is 12.0. The van der Waals surface area contributed by atoms with E-state index < -0.39 is 0 Å². The fourth-order valence-electron chi connectivity index (χ4n) is 2.36. The van der Waals surface area contributed by atoms with E-state index in [-0.39, 0.29) is 6.04 Å². The summed E-state index contributed by atoms with van der Waals surface area (Å²) in [6.45, 7) is 4.96. The summed E-state index contributed by atoms with van der Waals surface area (Å²) in [5.41, 5.74) is 3.29. The first-order valence-electron chi connectivity index (χ1n) is 6.70. The molecule has 0 bridgehead atoms. The van der Waals surface area contributed by atoms with Gasteiger partial charge in [-0.2, -0.15) is 5.10 Å². The summed E-state index contributed by atoms with van der Waals surface area (Å²) in [4.78, 5) is 0. The highest BCUT2D eigenvalue weighted by atomic mass is 35.5. The summed E-state index contributed by atoms with van der Waals surface area (Å²) in [5.74, 6) is 0. The molecule has 5 heteroatoms. The van der Waals surface area contributed by atoms with Gasteiger partial charge < -0.3 is 5.32 Å². The molecular formula is C15H19Cl2N3. The third-order valence-electron chi connectivity index (χ3n) is 3.38. The first-order valence-corrected chi connectivity index (χ1v) is 7.46. The number of nitrogens with one attached hydrogen (secondary N) is 1. The summed E-state index contributed by atoms with van der Waals surface area (Å²) >= 11 is 12.2. The predicted molar refractivity (Wildman–Crippen MR) is 84.6 cm³/mol. The Labute approximate surface area is 129 Å². The molecule has 0 radical (unpaired) electrons. The van der Waals surface area contributed by atoms with E-state index in [1.165, 1.54) is 5.69 Å². The van der Waals surface area contributed by atoms with Crippen LogP contribution in [0.25, 0.3) is 0 Å². The van der Waals surface area contributed by atoms with Crippen LogP contribution in [0.15, 0.2) is 24.3 Å². The molecule has 0 saturated carbocycles. The fraction of sp³-hybridized carbons (Fsp3) is 0.400. The normalized spacial score (nSPS) is 12.7. The number of rotatable bonds is 5. The van der Waals surface area contributed by atoms with E-state index in [4.69, 9.17) is 23.2 Å². The van der Waals surface area contributed by atoms with Gasteiger partial charge in [-0.1, -0.05) is 29.3 Å². The molecule has 1 aromatic heterocycles. The second kappa shape index (κ2) is 6.61. The Morgan fingerprint density at radius 3 is 2.65 bits per heavy atom. The Balaban J connectivity index is 2.28. The summed E-state index contributed by atoms with van der Waals surface area (Å²) in [5, 5.41) is 9.21. The molecule has 0 saturated heterocycles. The lowest BCUT2D eigenvalue weighted by atomic mass is 10.0. The molecule has 20 heavy (non-hydrogen) atoms. The average Bonchev–Trinajstić information content (AvgIpc) is 2.79. The minimum absolute atomic E-state index is 0.176. The maximum atomic E-state index is 6.26. The van der Waals surface area contributed by atoms with E-state index >= 15 is 0 Å². The molecule has 1 atom stereocenters. The smallest absolute Gasteiger partial charge is 0.0597 e. The molecule has 0 aliphatic heterocycles. The molecule has 0 spiro atoms. The number of hydrogen-bond acceptors (Lipinski definition) is 2. The van der Waals surface area contributed by atoms with Crippen molar-refractivity contribution >= 4 is 23.2 Å². The van der Waals surface area contributed by atoms with Gasteiger partial charge in [-0.25, -0.2) is 0 Å². The van der Waals surface area contributed by atoms with Crippen LogP contribution in [0.4, 0.5) is 0 Å². The molecule has 3 nitrogen and oxygen atoms in total. The lowest BCUT2D eigenvalue weighted by Crippen LogP contribution is -2.22. The molecule has 1 unspecified atom stereocenters. The van der Waals surface area contributed by atoms with Gasteiger partial charge in [0.05, 0.1) is 17.4 Å². The fourth-order valence-corrected chi connectivity index (χ4v) is 2.85. The van der Waals surface area contributed by atoms with Crippen LogP contribution in [0, 0.1) is 6.92 Å². The number of nitrogens with zero attached hydrogens (tertiary/aromatic N) is 2. The number of aromatic nitrogens is 2. The van der Waals surface area contributed by atoms with E-state index in [1.54, 1.807) is 6.07 Å². The van der Waals surface area contributed by atoms with Crippen molar-refractivity contribution in [2.45, 2.75) is 32.9 Å². The lowest BCUT2D eigenvalue weighted by molar-refractivity contribution is 0.513. The zero-order chi connectivity index (χ0) is 14.7. The van der Waals surface area contributed by atoms with Crippen molar-refractivity contribution in [3.63, 3.8) is 0 Å². The monoisotopic (exact) mass is 311 g/mol. The second-order valence-electron chi connectivity index (χ2n) is 4.81. The van der Waals surface area contributed by atoms with Gasteiger partial charge in [-0.3, -0.25) is 4.68 Å². The third-order valence-corrected chi connectivity index (χ3v) is 3.96. The number of hydrogen-bond donors (Lipinski definition) is 1. The Morgan fingerprint density at radius 1 is 1.30 bits per heavy atom. The van der Waals surface area contributed by atoms with Gasteiger partial charge in [0, 0.05) is 16.6 Å². The summed E-state index contributed by atoms with van der Waals surface area (Å²) in [6, 6.07) is 7.93. The van der Waals surface area contributed by atoms with Crippen LogP contribution in [0.3, 0.4) is 0 Å². The Bertz CT molecular complexity index is 593. The van der Waals surface area contributed by atoms with Crippen molar-refractivity contribution in [3.05, 3.63) is 51.3 Å². The SMILES string of the molecule is CCn1nc(C)cc1C(Cc1ccc(Cl)cc1Cl)NC. The molecule has 1 heterocycles. The molecule has 108 valence electrons. The van der Waals surface area contributed by atoms with E-state index in [1.807, 2.05) is 30.8 Å². The van der Waals surface area contributed by atoms with Crippen LogP contribution in [0.2, 0.25) is 10.0 Å². The van der Waals surface area contributed by atoms with Crippen molar-refractivity contribution < 1.29 is 0 Å². The second-order valence-corrected chi connectivity index (χ2v) is 5.65. The number of halogens is 2. The highest BCUT2D eigenvalue weighted by molar-refractivity contribution is 6.35. The molecule has 0 aliphatic carbocycles. The molecule has 0 fully saturated rings. The molecule has 2 aromatic rings. The average molecular weight is 312 g/mol. The van der Waals surface area contributed by atoms with Gasteiger partial charge in [0.2, 0.25) is 0 Å². The molecule has 0 aliphatic rings. The van der Waals surface area contributed by atoms with Gasteiger partial charge in [0.1, 0.15) is 0 Å². The van der Waals surface area contributed by atoms with Crippen LogP contribution < -0.4 is 5.32 Å². The predicted octanol–water partition coefficient (Wildman–Crippen LogP) is 4.02. The van der Waals surface area contributed by atoms with Crippen molar-refractivity contribution in [1.29, 1.82) is 0 Å². The van der Waals surface area contributed by atoms with E-state index in [0.717, 1.165) is 24.2 Å². The Morgan fingerprint density at radius 2 is 2.05 bits per heavy atom. The van der Waals surface area contributed by atoms with Gasteiger partial charge >= 0.3 is 0 Å². The van der Waals surface area contributed by atoms with Gasteiger partial charge in [-0.15, -0.1) is 0 Å². The topological polar surface area (TPSA) is 29.9 Å². The van der Waals surface area contributed by atoms with E-state index in [9.17, 15) is 0 Å². The quantitative estimate of drug-likeness (QED) is 0.903. The van der Waals surface area contributed by atoms with Gasteiger partial charge in [0.15, 0.2) is 0 Å². The maximum Gasteiger partial charge on any atom is 0.0597 e. The minimum Gasteiger partial charge on any atom is -0.311 e. The van der Waals surface area contributed by atoms with Crippen LogP contribution >= 0.6 is 23.2 Å². The van der Waals surface area contributed by atoms with Crippen molar-refractivity contribution in [3.8, 4) is 0 Å². The van der Waals surface area contributed by atoms with Crippen LogP contribution in [-0.2, 0) is 13.0 Å². The molecule has 1 N–H and O–H groups in total. The number of benzene rings is 1. The maximum absolute atomic E-state index is 6.26. The standard InChI is InChI=1S/C15H19Cl2N3/c1-4-20-15(7-10(2)19-20)14(18-3)8-11-5-6-12(16)9-13(11)17/h5-7,9,14,18H,4,8H2,1-3H3. The molecule has 1 aromatic carbocycles. The number of aryl methyl sites for hydroxylation is 2. The third kappa shape index (κ3) is 3.35. The van der Waals surface area contributed by atoms with Crippen molar-refractivity contribution in [1.82, 2.24) is 15.1 Å². The summed E-state index contributed by atoms with van der Waals surface area (Å²) in [6.07, 6.45) is 0.803. The summed E-state index contributed by atoms with van der Waals surface area (Å²) in [7, 11) is 1.96. The van der Waals surface area contributed by atoms with Crippen molar-refractivity contribution in [2.24, 2.45) is 0 Å². The van der Waals surface area contributed by atoms with Gasteiger partial charge in [-0.05, 0) is 51.1 Å². The van der Waals surface area contributed by atoms with E-state index in [0.29, 0.717) is 10.0 Å². The zero-order valence-corrected chi connectivity index (χ0v) is 13.5. The molecule has 2 rings (SSSR count). The Hall–Kier alpha value is -1.03. The largest absolute Gasteiger partial charge is 0.311 e. The van der Waals surface area contributed by atoms with Crippen molar-refractivity contribution in [2.75, 3.05) is 7.05 Å². The highest BCUT2D eigenvalue weighted by Gasteiger charge is 2.17. The highest BCUT2D eigenvalue weighted by Crippen LogP contribution is 2.26. The first kappa shape index (κ1) is 15.4. The lowest BCUT2D eigenvalue weighted by Gasteiger charge is -2.18. The minimum atomic E-state index is 0.176. The summed E-state index contributed by atoms with van der Waals surface area (Å²) < 4.78 is 2.03. The van der Waals surface area contributed by atoms with E-state index in [2.05, 4.69) is 23.4 Å². The first-order chi connectivity index (χ1) is 9.55. The van der Waals surface area contributed by atoms with Gasteiger partial charge in [0.25, 0.3) is 0 Å². The number of likely N-dealkylation sites (N-methyl/N-ethyl adjacent to an activating group) is 1. The van der Waals surface area contributed by atoms with Crippen LogP contribution in [-0.4, -0.2) is 16.8 Å².